The van der Waals surface area contributed by atoms with Gasteiger partial charge in [-0.05, 0) is 84.5 Å². The summed E-state index contributed by atoms with van der Waals surface area (Å²) in [5.41, 5.74) is 2.54. The van der Waals surface area contributed by atoms with E-state index >= 15 is 0 Å². The molecule has 0 aromatic heterocycles. The normalized spacial score (nSPS) is 11.8. The Morgan fingerprint density at radius 3 is 2.10 bits per heavy atom. The predicted octanol–water partition coefficient (Wildman–Crippen LogP) is 7.93. The van der Waals surface area contributed by atoms with Crippen molar-refractivity contribution in [2.75, 3.05) is 5.32 Å². The Bertz CT molecular complexity index is 1480. The van der Waals surface area contributed by atoms with Gasteiger partial charge in [0.15, 0.2) is 0 Å². The minimum atomic E-state index is -0.806. The summed E-state index contributed by atoms with van der Waals surface area (Å²) < 4.78 is 46.9. The van der Waals surface area contributed by atoms with E-state index in [0.717, 1.165) is 29.7 Å². The van der Waals surface area contributed by atoms with Crippen LogP contribution in [0.4, 0.5) is 18.9 Å². The minimum Gasteiger partial charge on any atom is -0.425 e. The predicted molar refractivity (Wildman–Crippen MR) is 145 cm³/mol. The molecule has 1 unspecified atom stereocenters. The minimum absolute atomic E-state index is 0.0332. The highest BCUT2D eigenvalue weighted by atomic mass is 19.1. The number of anilines is 1. The van der Waals surface area contributed by atoms with E-state index in [9.17, 15) is 22.8 Å². The van der Waals surface area contributed by atoms with Crippen LogP contribution in [0, 0.1) is 23.4 Å². The van der Waals surface area contributed by atoms with Crippen molar-refractivity contribution < 1.29 is 27.5 Å². The van der Waals surface area contributed by atoms with Crippen LogP contribution in [-0.4, -0.2) is 11.9 Å². The summed E-state index contributed by atoms with van der Waals surface area (Å²) in [6.07, 6.45) is 0.923. The molecular formula is C32H28F3NO3. The highest BCUT2D eigenvalue weighted by Crippen LogP contribution is 2.31. The van der Waals surface area contributed by atoms with Gasteiger partial charge in [0.05, 0.1) is 11.5 Å². The fourth-order valence-electron chi connectivity index (χ4n) is 4.17. The second kappa shape index (κ2) is 12.0. The van der Waals surface area contributed by atoms with Gasteiger partial charge in [-0.3, -0.25) is 9.59 Å². The van der Waals surface area contributed by atoms with Gasteiger partial charge in [0.2, 0.25) is 0 Å². The lowest BCUT2D eigenvalue weighted by atomic mass is 9.97. The van der Waals surface area contributed by atoms with Crippen molar-refractivity contribution in [2.24, 2.45) is 5.92 Å². The maximum Gasteiger partial charge on any atom is 0.318 e. The van der Waals surface area contributed by atoms with Crippen molar-refractivity contribution in [3.8, 4) is 16.9 Å². The molecule has 0 spiro atoms. The Morgan fingerprint density at radius 2 is 1.46 bits per heavy atom. The first kappa shape index (κ1) is 27.6. The van der Waals surface area contributed by atoms with E-state index in [1.807, 2.05) is 24.3 Å². The first-order valence-corrected chi connectivity index (χ1v) is 12.6. The summed E-state index contributed by atoms with van der Waals surface area (Å²) in [6, 6.07) is 20.2. The molecule has 1 N–H and O–H groups in total. The number of carbonyl (C=O) groups excluding carboxylic acids is 2. The number of amides is 1. The molecule has 0 radical (unpaired) electrons. The lowest BCUT2D eigenvalue weighted by molar-refractivity contribution is -0.135. The first-order valence-electron chi connectivity index (χ1n) is 12.6. The van der Waals surface area contributed by atoms with Gasteiger partial charge in [-0.25, -0.2) is 13.2 Å². The molecule has 0 fully saturated rings. The molecule has 0 aliphatic rings. The molecule has 4 rings (SSSR count). The number of hydrogen-bond acceptors (Lipinski definition) is 3. The Morgan fingerprint density at radius 1 is 0.795 bits per heavy atom. The number of hydrogen-bond donors (Lipinski definition) is 1. The Hall–Kier alpha value is -4.39. The number of nitrogens with one attached hydrogen (secondary N) is 1. The zero-order chi connectivity index (χ0) is 28.1. The summed E-state index contributed by atoms with van der Waals surface area (Å²) >= 11 is 0. The zero-order valence-electron chi connectivity index (χ0n) is 21.8. The smallest absolute Gasteiger partial charge is 0.318 e. The third-order valence-corrected chi connectivity index (χ3v) is 6.26. The number of ether oxygens (including phenoxy) is 1. The summed E-state index contributed by atoms with van der Waals surface area (Å²) in [4.78, 5) is 26.3. The van der Waals surface area contributed by atoms with Gasteiger partial charge in [-0.2, -0.15) is 0 Å². The highest BCUT2D eigenvalue weighted by molar-refractivity contribution is 6.07. The van der Waals surface area contributed by atoms with Crippen molar-refractivity contribution in [2.45, 2.75) is 33.1 Å². The quantitative estimate of drug-likeness (QED) is 0.186. The maximum atomic E-state index is 14.5. The van der Waals surface area contributed by atoms with Crippen LogP contribution in [0.25, 0.3) is 11.1 Å². The van der Waals surface area contributed by atoms with Crippen molar-refractivity contribution >= 4 is 17.6 Å². The van der Waals surface area contributed by atoms with E-state index in [2.05, 4.69) is 19.2 Å². The molecule has 39 heavy (non-hydrogen) atoms. The Balaban J connectivity index is 1.63. The van der Waals surface area contributed by atoms with Crippen LogP contribution >= 0.6 is 0 Å². The lowest BCUT2D eigenvalue weighted by Gasteiger charge is -2.16. The monoisotopic (exact) mass is 531 g/mol. The summed E-state index contributed by atoms with van der Waals surface area (Å²) in [7, 11) is 0. The SMILES string of the molecule is CC(C)Cc1ccc(C(C)C(=O)Oc2ccc(-c3ccc(F)cc3F)cc2C(=O)Nc2ccc(F)cc2)cc1. The maximum absolute atomic E-state index is 14.5. The van der Waals surface area contributed by atoms with Crippen LogP contribution in [0.3, 0.4) is 0 Å². The molecule has 0 aliphatic heterocycles. The van der Waals surface area contributed by atoms with Crippen molar-refractivity contribution in [1.82, 2.24) is 0 Å². The molecule has 0 bridgehead atoms. The van der Waals surface area contributed by atoms with Gasteiger partial charge in [0.25, 0.3) is 5.91 Å². The number of benzene rings is 4. The van der Waals surface area contributed by atoms with E-state index in [4.69, 9.17) is 4.74 Å². The Kier molecular flexibility index (Phi) is 8.49. The molecular weight excluding hydrogens is 503 g/mol. The molecule has 1 amide bonds. The fourth-order valence-corrected chi connectivity index (χ4v) is 4.17. The molecule has 0 heterocycles. The molecule has 1 atom stereocenters. The first-order chi connectivity index (χ1) is 18.6. The number of esters is 1. The van der Waals surface area contributed by atoms with Crippen molar-refractivity contribution in [3.63, 3.8) is 0 Å². The zero-order valence-corrected chi connectivity index (χ0v) is 21.8. The van der Waals surface area contributed by atoms with Crippen LogP contribution in [-0.2, 0) is 11.2 Å². The van der Waals surface area contributed by atoms with Gasteiger partial charge in [0.1, 0.15) is 23.2 Å². The standard InChI is InChI=1S/C32H28F3NO3/c1-19(2)16-21-4-6-22(7-5-21)20(3)32(38)39-30-15-8-23(27-14-11-25(34)18-29(27)35)17-28(30)31(37)36-26-12-9-24(33)10-13-26/h4-15,17-20H,16H2,1-3H3,(H,36,37). The van der Waals surface area contributed by atoms with E-state index in [-0.39, 0.29) is 22.4 Å². The molecule has 4 aromatic carbocycles. The fraction of sp³-hybridized carbons (Fsp3) is 0.188. The topological polar surface area (TPSA) is 55.4 Å². The largest absolute Gasteiger partial charge is 0.425 e. The average molecular weight is 532 g/mol. The lowest BCUT2D eigenvalue weighted by Crippen LogP contribution is -2.20. The summed E-state index contributed by atoms with van der Waals surface area (Å²) in [6.45, 7) is 5.97. The van der Waals surface area contributed by atoms with Gasteiger partial charge < -0.3 is 10.1 Å². The molecule has 4 aromatic rings. The van der Waals surface area contributed by atoms with E-state index < -0.39 is 35.2 Å². The number of halogens is 3. The average Bonchev–Trinajstić information content (AvgIpc) is 2.90. The third-order valence-electron chi connectivity index (χ3n) is 6.26. The number of rotatable bonds is 8. The van der Waals surface area contributed by atoms with Crippen LogP contribution in [0.5, 0.6) is 5.75 Å². The molecule has 0 aliphatic carbocycles. The van der Waals surface area contributed by atoms with Crippen LogP contribution < -0.4 is 10.1 Å². The van der Waals surface area contributed by atoms with Crippen LogP contribution in [0.15, 0.2) is 84.9 Å². The molecule has 200 valence electrons. The summed E-state index contributed by atoms with van der Waals surface area (Å²) in [5, 5.41) is 2.63. The van der Waals surface area contributed by atoms with Crippen LogP contribution in [0.1, 0.15) is 48.2 Å². The molecule has 0 saturated heterocycles. The highest BCUT2D eigenvalue weighted by Gasteiger charge is 2.22. The van der Waals surface area contributed by atoms with E-state index in [1.54, 1.807) is 6.92 Å². The van der Waals surface area contributed by atoms with Gasteiger partial charge in [0, 0.05) is 17.3 Å². The second-order valence-electron chi connectivity index (χ2n) is 9.78. The molecule has 7 heteroatoms. The van der Waals surface area contributed by atoms with Gasteiger partial charge in [-0.15, -0.1) is 0 Å². The second-order valence-corrected chi connectivity index (χ2v) is 9.78. The van der Waals surface area contributed by atoms with Gasteiger partial charge in [-0.1, -0.05) is 44.2 Å². The van der Waals surface area contributed by atoms with Crippen molar-refractivity contribution in [1.29, 1.82) is 0 Å². The van der Waals surface area contributed by atoms with Gasteiger partial charge >= 0.3 is 5.97 Å². The van der Waals surface area contributed by atoms with Crippen LogP contribution in [0.2, 0.25) is 0 Å². The third kappa shape index (κ3) is 6.93. The van der Waals surface area contributed by atoms with Crippen molar-refractivity contribution in [3.05, 3.63) is 119 Å². The van der Waals surface area contributed by atoms with E-state index in [1.165, 1.54) is 48.5 Å². The number of carbonyl (C=O) groups is 2. The molecule has 4 nitrogen and oxygen atoms in total. The van der Waals surface area contributed by atoms with E-state index in [0.29, 0.717) is 11.6 Å². The Labute approximate surface area is 225 Å². The summed E-state index contributed by atoms with van der Waals surface area (Å²) in [5.74, 6) is -3.40. The molecule has 0 saturated carbocycles.